The van der Waals surface area contributed by atoms with Gasteiger partial charge in [-0.05, 0) is 46.3 Å². The third-order valence-electron chi connectivity index (χ3n) is 2.89. The maximum absolute atomic E-state index is 12.2. The zero-order valence-electron chi connectivity index (χ0n) is 12.8. The lowest BCUT2D eigenvalue weighted by Crippen LogP contribution is -2.29. The SMILES string of the molecule is COc1ccc(S(=O)(=O)NC(=O)C=Cc2ccc(Br)o2)cc1OC. The maximum Gasteiger partial charge on any atom is 0.264 e. The second-order valence-electron chi connectivity index (χ2n) is 4.46. The number of hydrogen-bond acceptors (Lipinski definition) is 6. The highest BCUT2D eigenvalue weighted by Gasteiger charge is 2.18. The van der Waals surface area contributed by atoms with Gasteiger partial charge in [0.2, 0.25) is 0 Å². The van der Waals surface area contributed by atoms with Crippen molar-refractivity contribution in [2.75, 3.05) is 14.2 Å². The first-order valence-corrected chi connectivity index (χ1v) is 8.85. The van der Waals surface area contributed by atoms with Crippen molar-refractivity contribution in [1.82, 2.24) is 4.72 Å². The van der Waals surface area contributed by atoms with Crippen LogP contribution in [-0.4, -0.2) is 28.5 Å². The molecule has 7 nitrogen and oxygen atoms in total. The average Bonchev–Trinajstić information content (AvgIpc) is 2.97. The highest BCUT2D eigenvalue weighted by atomic mass is 79.9. The van der Waals surface area contributed by atoms with Crippen LogP contribution in [0.3, 0.4) is 0 Å². The summed E-state index contributed by atoms with van der Waals surface area (Å²) in [6, 6.07) is 7.29. The van der Waals surface area contributed by atoms with Crippen molar-refractivity contribution in [3.8, 4) is 11.5 Å². The normalized spacial score (nSPS) is 11.5. The van der Waals surface area contributed by atoms with Gasteiger partial charge in [0.05, 0.1) is 19.1 Å². The minimum absolute atomic E-state index is 0.123. The number of halogens is 1. The van der Waals surface area contributed by atoms with Gasteiger partial charge in [-0.25, -0.2) is 13.1 Å². The van der Waals surface area contributed by atoms with Crippen molar-refractivity contribution < 1.29 is 27.1 Å². The van der Waals surface area contributed by atoms with E-state index in [1.165, 1.54) is 38.5 Å². The molecule has 1 N–H and O–H groups in total. The summed E-state index contributed by atoms with van der Waals surface area (Å²) in [5.74, 6) is 0.215. The Bertz CT molecular complexity index is 872. The van der Waals surface area contributed by atoms with E-state index in [2.05, 4.69) is 15.9 Å². The topological polar surface area (TPSA) is 94.8 Å². The van der Waals surface area contributed by atoms with Gasteiger partial charge < -0.3 is 13.9 Å². The highest BCUT2D eigenvalue weighted by molar-refractivity contribution is 9.10. The zero-order valence-corrected chi connectivity index (χ0v) is 15.2. The van der Waals surface area contributed by atoms with E-state index in [9.17, 15) is 13.2 Å². The number of amides is 1. The summed E-state index contributed by atoms with van der Waals surface area (Å²) in [4.78, 5) is 11.7. The molecule has 1 amide bonds. The lowest BCUT2D eigenvalue weighted by Gasteiger charge is -2.10. The third-order valence-corrected chi connectivity index (χ3v) is 4.66. The van der Waals surface area contributed by atoms with Gasteiger partial charge in [-0.2, -0.15) is 0 Å². The maximum atomic E-state index is 12.2. The van der Waals surface area contributed by atoms with Gasteiger partial charge in [0.1, 0.15) is 5.76 Å². The molecule has 9 heteroatoms. The lowest BCUT2D eigenvalue weighted by atomic mass is 10.3. The number of sulfonamides is 1. The molecule has 0 radical (unpaired) electrons. The third kappa shape index (κ3) is 4.39. The number of ether oxygens (including phenoxy) is 2. The van der Waals surface area contributed by atoms with Crippen LogP contribution >= 0.6 is 15.9 Å². The molecule has 24 heavy (non-hydrogen) atoms. The second-order valence-corrected chi connectivity index (χ2v) is 6.93. The van der Waals surface area contributed by atoms with Crippen molar-refractivity contribution in [3.63, 3.8) is 0 Å². The van der Waals surface area contributed by atoms with E-state index in [0.29, 0.717) is 16.2 Å². The number of carbonyl (C=O) groups is 1. The summed E-state index contributed by atoms with van der Waals surface area (Å²) in [7, 11) is -1.22. The number of carbonyl (C=O) groups excluding carboxylic acids is 1. The van der Waals surface area contributed by atoms with E-state index >= 15 is 0 Å². The van der Waals surface area contributed by atoms with Gasteiger partial charge in [0, 0.05) is 12.1 Å². The Hall–Kier alpha value is -2.26. The van der Waals surface area contributed by atoms with Gasteiger partial charge >= 0.3 is 0 Å². The molecule has 1 heterocycles. The van der Waals surface area contributed by atoms with Crippen LogP contribution < -0.4 is 14.2 Å². The van der Waals surface area contributed by atoms with E-state index in [-0.39, 0.29) is 10.6 Å². The van der Waals surface area contributed by atoms with Crippen molar-refractivity contribution in [1.29, 1.82) is 0 Å². The van der Waals surface area contributed by atoms with Crippen LogP contribution in [0.5, 0.6) is 11.5 Å². The van der Waals surface area contributed by atoms with E-state index < -0.39 is 15.9 Å². The number of nitrogens with one attached hydrogen (secondary N) is 1. The van der Waals surface area contributed by atoms with Crippen LogP contribution in [0.25, 0.3) is 6.08 Å². The summed E-state index contributed by atoms with van der Waals surface area (Å²) in [6.07, 6.45) is 2.41. The minimum Gasteiger partial charge on any atom is -0.493 e. The quantitative estimate of drug-likeness (QED) is 0.728. The van der Waals surface area contributed by atoms with Crippen molar-refractivity contribution in [2.24, 2.45) is 0 Å². The summed E-state index contributed by atoms with van der Waals surface area (Å²) in [6.45, 7) is 0. The minimum atomic E-state index is -4.04. The Morgan fingerprint density at radius 1 is 1.17 bits per heavy atom. The lowest BCUT2D eigenvalue weighted by molar-refractivity contribution is -0.114. The number of benzene rings is 1. The molecule has 0 aliphatic carbocycles. The van der Waals surface area contributed by atoms with Gasteiger partial charge in [-0.1, -0.05) is 0 Å². The standard InChI is InChI=1S/C15H14BrNO6S/c1-21-12-6-5-11(9-13(12)22-2)24(19,20)17-15(18)8-4-10-3-7-14(16)23-10/h3-9H,1-2H3,(H,17,18). The van der Waals surface area contributed by atoms with Crippen LogP contribution in [0.15, 0.2) is 50.4 Å². The zero-order chi connectivity index (χ0) is 17.7. The molecule has 0 atom stereocenters. The molecule has 0 bridgehead atoms. The van der Waals surface area contributed by atoms with Crippen LogP contribution in [0.2, 0.25) is 0 Å². The second kappa shape index (κ2) is 7.54. The first-order chi connectivity index (χ1) is 11.4. The Morgan fingerprint density at radius 3 is 2.46 bits per heavy atom. The molecule has 0 saturated heterocycles. The van der Waals surface area contributed by atoms with Gasteiger partial charge in [-0.3, -0.25) is 4.79 Å². The number of methoxy groups -OCH3 is 2. The molecular formula is C15H14BrNO6S. The van der Waals surface area contributed by atoms with Crippen molar-refractivity contribution >= 4 is 37.9 Å². The van der Waals surface area contributed by atoms with Gasteiger partial charge in [-0.15, -0.1) is 0 Å². The predicted molar refractivity (Wildman–Crippen MR) is 90.3 cm³/mol. The van der Waals surface area contributed by atoms with Crippen LogP contribution in [0.1, 0.15) is 5.76 Å². The van der Waals surface area contributed by atoms with E-state index in [1.54, 1.807) is 12.1 Å². The Morgan fingerprint density at radius 2 is 1.88 bits per heavy atom. The number of hydrogen-bond donors (Lipinski definition) is 1. The molecule has 2 rings (SSSR count). The Kier molecular flexibility index (Phi) is 5.68. The number of furan rings is 1. The summed E-state index contributed by atoms with van der Waals surface area (Å²) in [5.41, 5.74) is 0. The Labute approximate surface area is 147 Å². The summed E-state index contributed by atoms with van der Waals surface area (Å²) in [5, 5.41) is 0. The Balaban J connectivity index is 2.15. The van der Waals surface area contributed by atoms with E-state index in [4.69, 9.17) is 13.9 Å². The smallest absolute Gasteiger partial charge is 0.264 e. The molecular weight excluding hydrogens is 402 g/mol. The fraction of sp³-hybridized carbons (Fsp3) is 0.133. The molecule has 128 valence electrons. The van der Waals surface area contributed by atoms with E-state index in [0.717, 1.165) is 6.08 Å². The molecule has 2 aromatic rings. The first-order valence-electron chi connectivity index (χ1n) is 6.58. The van der Waals surface area contributed by atoms with E-state index in [1.807, 2.05) is 4.72 Å². The summed E-state index contributed by atoms with van der Waals surface area (Å²) >= 11 is 3.12. The van der Waals surface area contributed by atoms with Crippen LogP contribution in [-0.2, 0) is 14.8 Å². The molecule has 0 fully saturated rings. The summed E-state index contributed by atoms with van der Waals surface area (Å²) < 4.78 is 42.2. The van der Waals surface area contributed by atoms with Gasteiger partial charge in [0.25, 0.3) is 15.9 Å². The fourth-order valence-electron chi connectivity index (χ4n) is 1.78. The monoisotopic (exact) mass is 415 g/mol. The van der Waals surface area contributed by atoms with Crippen molar-refractivity contribution in [3.05, 3.63) is 46.8 Å². The van der Waals surface area contributed by atoms with Crippen LogP contribution in [0.4, 0.5) is 0 Å². The largest absolute Gasteiger partial charge is 0.493 e. The average molecular weight is 416 g/mol. The molecule has 0 saturated carbocycles. The predicted octanol–water partition coefficient (Wildman–Crippen LogP) is 2.58. The van der Waals surface area contributed by atoms with Crippen molar-refractivity contribution in [2.45, 2.75) is 4.90 Å². The molecule has 1 aromatic carbocycles. The van der Waals surface area contributed by atoms with Crippen LogP contribution in [0, 0.1) is 0 Å². The molecule has 0 unspecified atom stereocenters. The number of rotatable bonds is 6. The van der Waals surface area contributed by atoms with Gasteiger partial charge in [0.15, 0.2) is 16.2 Å². The molecule has 0 spiro atoms. The fourth-order valence-corrected chi connectivity index (χ4v) is 3.06. The molecule has 0 aliphatic rings. The molecule has 0 aliphatic heterocycles. The first kappa shape index (κ1) is 18.1. The highest BCUT2D eigenvalue weighted by Crippen LogP contribution is 2.29. The molecule has 1 aromatic heterocycles.